The fourth-order valence-electron chi connectivity index (χ4n) is 3.65. The first-order chi connectivity index (χ1) is 17.5. The summed E-state index contributed by atoms with van der Waals surface area (Å²) in [6.45, 7) is 5.52. The minimum Gasteiger partial charge on any atom is -0.545 e. The van der Waals surface area contributed by atoms with E-state index in [1.165, 1.54) is 63.5 Å². The number of carbonyl (C=O) groups excluding carboxylic acids is 2. The Labute approximate surface area is 252 Å². The van der Waals surface area contributed by atoms with Gasteiger partial charge in [0.05, 0.1) is 25.2 Å². The van der Waals surface area contributed by atoms with Crippen LogP contribution in [-0.2, 0) is 0 Å². The van der Waals surface area contributed by atoms with Gasteiger partial charge < -0.3 is 29.3 Å². The van der Waals surface area contributed by atoms with Crippen molar-refractivity contribution in [2.75, 3.05) is 13.2 Å². The Morgan fingerprint density at radius 3 is 1.24 bits per heavy atom. The molecule has 2 aromatic rings. The number of hydrogen-bond acceptors (Lipinski definition) is 6. The summed E-state index contributed by atoms with van der Waals surface area (Å²) in [6, 6.07) is 13.2. The largest absolute Gasteiger partial charge is 2.00 e. The van der Waals surface area contributed by atoms with Crippen LogP contribution in [0.4, 0.5) is 0 Å². The Morgan fingerprint density at radius 2 is 0.892 bits per heavy atom. The predicted octanol–water partition coefficient (Wildman–Crippen LogP) is 5.20. The third-order valence-corrected chi connectivity index (χ3v) is 5.72. The molecule has 0 aliphatic carbocycles. The van der Waals surface area contributed by atoms with Gasteiger partial charge in [-0.1, -0.05) is 102 Å². The van der Waals surface area contributed by atoms with Crippen LogP contribution in [0.5, 0.6) is 11.5 Å². The van der Waals surface area contributed by atoms with Gasteiger partial charge in [-0.2, -0.15) is 0 Å². The van der Waals surface area contributed by atoms with Crippen molar-refractivity contribution in [1.29, 1.82) is 0 Å². The molecule has 0 aliphatic heterocycles. The summed E-state index contributed by atoms with van der Waals surface area (Å²) in [5.74, 6) is -1.56. The SMILES string of the molecule is CCCCCCCCOc1ccccc1C(=O)[O-].CCCCCCCCOc1ccccc1C(=O)[O-].[Ca+2]. The minimum atomic E-state index is -1.19. The van der Waals surface area contributed by atoms with Gasteiger partial charge in [-0.3, -0.25) is 0 Å². The van der Waals surface area contributed by atoms with Crippen LogP contribution in [0.25, 0.3) is 0 Å². The predicted molar refractivity (Wildman–Crippen MR) is 145 cm³/mol. The van der Waals surface area contributed by atoms with Gasteiger partial charge in [0.1, 0.15) is 11.5 Å². The first-order valence-corrected chi connectivity index (χ1v) is 13.4. The maximum atomic E-state index is 10.8. The number of rotatable bonds is 18. The zero-order valence-corrected chi connectivity index (χ0v) is 24.9. The molecule has 0 N–H and O–H groups in total. The summed E-state index contributed by atoms with van der Waals surface area (Å²) in [6.07, 6.45) is 14.2. The molecule has 2 aromatic carbocycles. The summed E-state index contributed by atoms with van der Waals surface area (Å²) >= 11 is 0. The summed E-state index contributed by atoms with van der Waals surface area (Å²) in [7, 11) is 0. The molecule has 0 aromatic heterocycles. The second-order valence-corrected chi connectivity index (χ2v) is 8.80. The van der Waals surface area contributed by atoms with E-state index < -0.39 is 11.9 Å². The van der Waals surface area contributed by atoms with Crippen LogP contribution in [0, 0.1) is 0 Å². The minimum absolute atomic E-state index is 0. The number of hydrogen-bond donors (Lipinski definition) is 0. The van der Waals surface area contributed by atoms with E-state index >= 15 is 0 Å². The molecule has 0 fully saturated rings. The van der Waals surface area contributed by atoms with E-state index in [4.69, 9.17) is 9.47 Å². The Bertz CT molecular complexity index is 799. The van der Waals surface area contributed by atoms with E-state index in [1.54, 1.807) is 36.4 Å². The van der Waals surface area contributed by atoms with Gasteiger partial charge in [-0.05, 0) is 37.1 Å². The van der Waals surface area contributed by atoms with Crippen LogP contribution in [0.1, 0.15) is 112 Å². The van der Waals surface area contributed by atoms with Crippen LogP contribution in [0.3, 0.4) is 0 Å². The molecule has 7 heteroatoms. The van der Waals surface area contributed by atoms with Gasteiger partial charge in [-0.15, -0.1) is 0 Å². The van der Waals surface area contributed by atoms with E-state index in [0.717, 1.165) is 25.7 Å². The van der Waals surface area contributed by atoms with Crippen molar-refractivity contribution in [1.82, 2.24) is 0 Å². The second kappa shape index (κ2) is 23.4. The van der Waals surface area contributed by atoms with Crippen molar-refractivity contribution in [2.24, 2.45) is 0 Å². The summed E-state index contributed by atoms with van der Waals surface area (Å²) in [5.41, 5.74) is 0.256. The molecule has 0 spiro atoms. The zero-order chi connectivity index (χ0) is 26.4. The van der Waals surface area contributed by atoms with E-state index in [9.17, 15) is 19.8 Å². The number of carbonyl (C=O) groups is 2. The molecule has 0 amide bonds. The normalized spacial score (nSPS) is 10.0. The molecule has 0 radical (unpaired) electrons. The monoisotopic (exact) mass is 538 g/mol. The van der Waals surface area contributed by atoms with Crippen LogP contribution in [0.15, 0.2) is 48.5 Å². The van der Waals surface area contributed by atoms with Gasteiger partial charge in [0.25, 0.3) is 0 Å². The van der Waals surface area contributed by atoms with Crippen LogP contribution >= 0.6 is 0 Å². The van der Waals surface area contributed by atoms with Crippen molar-refractivity contribution in [3.63, 3.8) is 0 Å². The number of benzene rings is 2. The maximum absolute atomic E-state index is 10.8. The average molecular weight is 539 g/mol. The Balaban J connectivity index is 0.000000682. The van der Waals surface area contributed by atoms with Crippen molar-refractivity contribution < 1.29 is 29.3 Å². The molecule has 37 heavy (non-hydrogen) atoms. The molecule has 2 rings (SSSR count). The Hall–Kier alpha value is -1.76. The van der Waals surface area contributed by atoms with Crippen LogP contribution in [-0.4, -0.2) is 62.9 Å². The first-order valence-electron chi connectivity index (χ1n) is 13.4. The fraction of sp³-hybridized carbons (Fsp3) is 0.533. The maximum Gasteiger partial charge on any atom is 2.00 e. The summed E-state index contributed by atoms with van der Waals surface area (Å²) in [4.78, 5) is 21.7. The number of carboxylic acid groups (broad SMARTS) is 2. The molecular weight excluding hydrogens is 496 g/mol. The molecule has 6 nitrogen and oxygen atoms in total. The van der Waals surface area contributed by atoms with Crippen molar-refractivity contribution in [3.05, 3.63) is 59.7 Å². The first kappa shape index (κ1) is 35.2. The van der Waals surface area contributed by atoms with E-state index in [-0.39, 0.29) is 48.9 Å². The third-order valence-electron chi connectivity index (χ3n) is 5.72. The Kier molecular flexibility index (Phi) is 22.3. The van der Waals surface area contributed by atoms with Crippen LogP contribution < -0.4 is 19.7 Å². The number of ether oxygens (including phenoxy) is 2. The quantitative estimate of drug-likeness (QED) is 0.191. The van der Waals surface area contributed by atoms with Gasteiger partial charge >= 0.3 is 37.7 Å². The second-order valence-electron chi connectivity index (χ2n) is 8.80. The smallest absolute Gasteiger partial charge is 0.545 e. The fourth-order valence-corrected chi connectivity index (χ4v) is 3.65. The van der Waals surface area contributed by atoms with E-state index in [1.807, 2.05) is 0 Å². The molecule has 0 saturated carbocycles. The average Bonchev–Trinajstić information content (AvgIpc) is 2.88. The molecule has 0 atom stereocenters. The van der Waals surface area contributed by atoms with Gasteiger partial charge in [0.2, 0.25) is 0 Å². The number of unbranched alkanes of at least 4 members (excludes halogenated alkanes) is 10. The van der Waals surface area contributed by atoms with Gasteiger partial charge in [-0.25, -0.2) is 0 Å². The molecular formula is C30H42CaO6. The van der Waals surface area contributed by atoms with Crippen molar-refractivity contribution in [2.45, 2.75) is 90.9 Å². The number of aromatic carboxylic acids is 2. The third kappa shape index (κ3) is 16.6. The Morgan fingerprint density at radius 1 is 0.568 bits per heavy atom. The summed E-state index contributed by atoms with van der Waals surface area (Å²) in [5, 5.41) is 21.7. The number of para-hydroxylation sites is 2. The molecule has 0 heterocycles. The van der Waals surface area contributed by atoms with Crippen molar-refractivity contribution in [3.8, 4) is 11.5 Å². The van der Waals surface area contributed by atoms with Gasteiger partial charge in [0, 0.05) is 11.1 Å². The topological polar surface area (TPSA) is 98.7 Å². The molecule has 0 aliphatic rings. The number of carboxylic acids is 2. The molecule has 0 unspecified atom stereocenters. The summed E-state index contributed by atoms with van der Waals surface area (Å²) < 4.78 is 11.0. The van der Waals surface area contributed by atoms with Crippen LogP contribution in [0.2, 0.25) is 0 Å². The van der Waals surface area contributed by atoms with Crippen molar-refractivity contribution >= 4 is 49.7 Å². The molecule has 0 bridgehead atoms. The molecule has 0 saturated heterocycles. The zero-order valence-electron chi connectivity index (χ0n) is 22.7. The van der Waals surface area contributed by atoms with E-state index in [2.05, 4.69) is 13.8 Å². The van der Waals surface area contributed by atoms with E-state index in [0.29, 0.717) is 24.7 Å². The standard InChI is InChI=1S/2C15H22O3.Ca/c2*1-2-3-4-5-6-9-12-18-14-11-8-7-10-13(14)15(16)17;/h2*7-8,10-11H,2-6,9,12H2,1H3,(H,16,17);/q;;+2/p-2. The van der Waals surface area contributed by atoms with Gasteiger partial charge in [0.15, 0.2) is 0 Å². The molecule has 200 valence electrons.